The number of H-pyrrole nitrogens is 1. The first kappa shape index (κ1) is 17.4. The molecule has 0 fully saturated rings. The van der Waals surface area contributed by atoms with Gasteiger partial charge in [-0.2, -0.15) is 4.57 Å². The molecule has 2 heterocycles. The number of rotatable bonds is 2. The normalized spacial score (nSPS) is 11.3. The third kappa shape index (κ3) is 3.00. The number of pyridine rings is 1. The maximum absolute atomic E-state index is 13.8. The maximum Gasteiger partial charge on any atom is 0.214 e. The Hall–Kier alpha value is -2.41. The van der Waals surface area contributed by atoms with E-state index < -0.39 is 0 Å². The molecule has 3 N–H and O–H groups in total. The molecule has 0 amide bonds. The van der Waals surface area contributed by atoms with Crippen LogP contribution in [0.25, 0.3) is 34.0 Å². The first-order valence-electron chi connectivity index (χ1n) is 7.76. The molecule has 2 aromatic carbocycles. The van der Waals surface area contributed by atoms with Gasteiger partial charge in [0.05, 0.1) is 16.6 Å². The molecule has 0 saturated heterocycles. The van der Waals surface area contributed by atoms with Crippen LogP contribution >= 0.6 is 0 Å². The van der Waals surface area contributed by atoms with Crippen molar-refractivity contribution in [3.8, 4) is 0 Å². The van der Waals surface area contributed by atoms with Crippen LogP contribution in [0.2, 0.25) is 0 Å². The molecule has 2 aromatic heterocycles. The lowest BCUT2D eigenvalue weighted by Crippen LogP contribution is -3.00. The van der Waals surface area contributed by atoms with Crippen LogP contribution in [0.4, 0.5) is 10.1 Å². The Morgan fingerprint density at radius 2 is 1.80 bits per heavy atom. The molecular formula is C20H17FIN3. The van der Waals surface area contributed by atoms with Crippen LogP contribution in [0, 0.1) is 5.82 Å². The number of para-hydroxylation sites is 2. The minimum atomic E-state index is -0.243. The van der Waals surface area contributed by atoms with E-state index in [4.69, 9.17) is 5.73 Å². The van der Waals surface area contributed by atoms with E-state index in [0.29, 0.717) is 5.52 Å². The SMILES string of the molecule is C[n+]1c(/C=C/c2c[nH]c3c(F)cccc23)cc(N)c2ccccc21.[I-]. The van der Waals surface area contributed by atoms with E-state index in [-0.39, 0.29) is 29.8 Å². The van der Waals surface area contributed by atoms with E-state index in [1.165, 1.54) is 6.07 Å². The van der Waals surface area contributed by atoms with Gasteiger partial charge in [0, 0.05) is 35.4 Å². The third-order valence-corrected chi connectivity index (χ3v) is 4.40. The molecule has 3 nitrogen and oxygen atoms in total. The molecule has 25 heavy (non-hydrogen) atoms. The van der Waals surface area contributed by atoms with Crippen LogP contribution < -0.4 is 34.3 Å². The van der Waals surface area contributed by atoms with Gasteiger partial charge < -0.3 is 34.7 Å². The first-order chi connectivity index (χ1) is 11.6. The number of benzene rings is 2. The highest BCUT2D eigenvalue weighted by Crippen LogP contribution is 2.23. The Balaban J connectivity index is 0.00000182. The maximum atomic E-state index is 13.8. The van der Waals surface area contributed by atoms with Gasteiger partial charge in [0.2, 0.25) is 11.2 Å². The summed E-state index contributed by atoms with van der Waals surface area (Å²) >= 11 is 0. The van der Waals surface area contributed by atoms with E-state index in [1.54, 1.807) is 6.07 Å². The van der Waals surface area contributed by atoms with Gasteiger partial charge in [-0.1, -0.05) is 24.3 Å². The molecule has 4 rings (SSSR count). The lowest BCUT2D eigenvalue weighted by Gasteiger charge is -2.03. The number of nitrogen functional groups attached to an aromatic ring is 1. The summed E-state index contributed by atoms with van der Waals surface area (Å²) in [6.45, 7) is 0. The standard InChI is InChI=1S/C20H16FN3.HI/c1-24-14(11-18(22)16-5-2-3-8-19(16)24)10-9-13-12-23-20-15(13)6-4-7-17(20)21;/h2-12H,1H3,(H2,22,23);1H. The Kier molecular flexibility index (Phi) is 4.76. The third-order valence-electron chi connectivity index (χ3n) is 4.40. The zero-order valence-electron chi connectivity index (χ0n) is 13.6. The van der Waals surface area contributed by atoms with Gasteiger partial charge in [-0.3, -0.25) is 0 Å². The molecule has 0 bridgehead atoms. The smallest absolute Gasteiger partial charge is 0.214 e. The number of nitrogens with two attached hydrogens (primary N) is 1. The summed E-state index contributed by atoms with van der Waals surface area (Å²) in [6.07, 6.45) is 5.78. The average molecular weight is 445 g/mol. The highest BCUT2D eigenvalue weighted by Gasteiger charge is 2.12. The molecule has 126 valence electrons. The zero-order chi connectivity index (χ0) is 16.7. The van der Waals surface area contributed by atoms with Crippen LogP contribution in [0.5, 0.6) is 0 Å². The van der Waals surface area contributed by atoms with Crippen LogP contribution in [-0.2, 0) is 7.05 Å². The number of anilines is 1. The van der Waals surface area contributed by atoms with Gasteiger partial charge in [-0.05, 0) is 18.2 Å². The number of halogens is 2. The molecule has 0 unspecified atom stereocenters. The van der Waals surface area contributed by atoms with E-state index >= 15 is 0 Å². The number of aromatic amines is 1. The number of hydrogen-bond acceptors (Lipinski definition) is 1. The molecule has 4 aromatic rings. The highest BCUT2D eigenvalue weighted by atomic mass is 127. The molecule has 0 aliphatic carbocycles. The lowest BCUT2D eigenvalue weighted by molar-refractivity contribution is -0.646. The van der Waals surface area contributed by atoms with E-state index in [1.807, 2.05) is 61.8 Å². The summed E-state index contributed by atoms with van der Waals surface area (Å²) in [7, 11) is 2.01. The topological polar surface area (TPSA) is 45.7 Å². The summed E-state index contributed by atoms with van der Waals surface area (Å²) in [5, 5.41) is 1.90. The van der Waals surface area contributed by atoms with Crippen molar-refractivity contribution in [2.75, 3.05) is 5.73 Å². The summed E-state index contributed by atoms with van der Waals surface area (Å²) in [6, 6.07) is 15.1. The largest absolute Gasteiger partial charge is 1.00 e. The van der Waals surface area contributed by atoms with Crippen molar-refractivity contribution in [2.24, 2.45) is 7.05 Å². The van der Waals surface area contributed by atoms with Crippen molar-refractivity contribution < 1.29 is 32.9 Å². The predicted molar refractivity (Wildman–Crippen MR) is 96.7 cm³/mol. The average Bonchev–Trinajstić information content (AvgIpc) is 3.01. The number of nitrogens with one attached hydrogen (secondary N) is 1. The molecular weight excluding hydrogens is 428 g/mol. The minimum Gasteiger partial charge on any atom is -1.00 e. The quantitative estimate of drug-likeness (QED) is 0.352. The van der Waals surface area contributed by atoms with Gasteiger partial charge in [0.15, 0.2) is 0 Å². The van der Waals surface area contributed by atoms with Gasteiger partial charge in [-0.25, -0.2) is 4.39 Å². The molecule has 0 spiro atoms. The first-order valence-corrected chi connectivity index (χ1v) is 7.76. The van der Waals surface area contributed by atoms with E-state index in [2.05, 4.69) is 9.55 Å². The second kappa shape index (κ2) is 6.84. The molecule has 5 heteroatoms. The van der Waals surface area contributed by atoms with Gasteiger partial charge in [0.25, 0.3) is 0 Å². The summed E-state index contributed by atoms with van der Waals surface area (Å²) in [5.74, 6) is -0.243. The lowest BCUT2D eigenvalue weighted by atomic mass is 10.1. The summed E-state index contributed by atoms with van der Waals surface area (Å²) in [5.41, 5.74) is 10.4. The predicted octanol–water partition coefficient (Wildman–Crippen LogP) is 1.04. The number of hydrogen-bond donors (Lipinski definition) is 2. The number of fused-ring (bicyclic) bond motifs is 2. The minimum absolute atomic E-state index is 0. The number of nitrogens with zero attached hydrogens (tertiary/aromatic N) is 1. The van der Waals surface area contributed by atoms with Crippen LogP contribution in [-0.4, -0.2) is 4.98 Å². The summed E-state index contributed by atoms with van der Waals surface area (Å²) < 4.78 is 15.9. The van der Waals surface area contributed by atoms with Gasteiger partial charge >= 0.3 is 0 Å². The molecule has 0 radical (unpaired) electrons. The monoisotopic (exact) mass is 445 g/mol. The number of aromatic nitrogens is 2. The zero-order valence-corrected chi connectivity index (χ0v) is 15.8. The van der Waals surface area contributed by atoms with E-state index in [9.17, 15) is 4.39 Å². The molecule has 0 aliphatic rings. The van der Waals surface area contributed by atoms with Gasteiger partial charge in [0.1, 0.15) is 12.9 Å². The van der Waals surface area contributed by atoms with Crippen molar-refractivity contribution in [2.45, 2.75) is 0 Å². The van der Waals surface area contributed by atoms with Crippen LogP contribution in [0.1, 0.15) is 11.3 Å². The van der Waals surface area contributed by atoms with Crippen molar-refractivity contribution in [3.63, 3.8) is 0 Å². The van der Waals surface area contributed by atoms with Crippen LogP contribution in [0.3, 0.4) is 0 Å². The Bertz CT molecular complexity index is 1100. The van der Waals surface area contributed by atoms with Crippen molar-refractivity contribution in [1.82, 2.24) is 4.98 Å². The summed E-state index contributed by atoms with van der Waals surface area (Å²) in [4.78, 5) is 2.99. The van der Waals surface area contributed by atoms with Crippen LogP contribution in [0.15, 0.2) is 54.7 Å². The van der Waals surface area contributed by atoms with E-state index in [0.717, 1.165) is 33.2 Å². The van der Waals surface area contributed by atoms with Crippen molar-refractivity contribution in [1.29, 1.82) is 0 Å². The molecule has 0 aliphatic heterocycles. The fraction of sp³-hybridized carbons (Fsp3) is 0.0500. The van der Waals surface area contributed by atoms with Crippen molar-refractivity contribution >= 4 is 39.6 Å². The Morgan fingerprint density at radius 1 is 1.04 bits per heavy atom. The fourth-order valence-corrected chi connectivity index (χ4v) is 3.10. The fourth-order valence-electron chi connectivity index (χ4n) is 3.10. The highest BCUT2D eigenvalue weighted by molar-refractivity contribution is 5.92. The van der Waals surface area contributed by atoms with Gasteiger partial charge in [-0.15, -0.1) is 0 Å². The molecule has 0 atom stereocenters. The second-order valence-electron chi connectivity index (χ2n) is 5.84. The molecule has 0 saturated carbocycles. The second-order valence-corrected chi connectivity index (χ2v) is 5.84. The Morgan fingerprint density at radius 3 is 2.64 bits per heavy atom. The van der Waals surface area contributed by atoms with Crippen molar-refractivity contribution in [3.05, 3.63) is 71.8 Å². The Labute approximate surface area is 162 Å². The number of aryl methyl sites for hydroxylation is 1.